The van der Waals surface area contributed by atoms with E-state index >= 15 is 0 Å². The number of rotatable bonds is 4. The number of carbonyl (C=O) groups excluding carboxylic acids is 1. The van der Waals surface area contributed by atoms with Gasteiger partial charge in [-0.3, -0.25) is 4.79 Å². The average Bonchev–Trinajstić information content (AvgIpc) is 2.47. The summed E-state index contributed by atoms with van der Waals surface area (Å²) in [7, 11) is 1.71. The molecule has 0 aliphatic rings. The number of carbonyl (C=O) groups is 1. The van der Waals surface area contributed by atoms with Crippen molar-refractivity contribution in [3.05, 3.63) is 66.2 Å². The third kappa shape index (κ3) is 3.51. The minimum absolute atomic E-state index is 0.172. The third-order valence-corrected chi connectivity index (χ3v) is 3.20. The van der Waals surface area contributed by atoms with Crippen molar-refractivity contribution < 1.29 is 9.53 Å². The van der Waals surface area contributed by atoms with Crippen molar-refractivity contribution in [1.29, 1.82) is 0 Å². The number of hydrogen-bond donors (Lipinski definition) is 0. The monoisotopic (exact) mass is 281 g/mol. The molecule has 3 heteroatoms. The van der Waals surface area contributed by atoms with Crippen LogP contribution in [-0.2, 0) is 4.79 Å². The Kier molecular flexibility index (Phi) is 4.43. The van der Waals surface area contributed by atoms with Gasteiger partial charge in [-0.25, -0.2) is 0 Å². The second-order valence-electron chi connectivity index (χ2n) is 4.99. The van der Waals surface area contributed by atoms with E-state index in [1.807, 2.05) is 56.3 Å². The minimum Gasteiger partial charge on any atom is -0.455 e. The summed E-state index contributed by atoms with van der Waals surface area (Å²) in [5.41, 5.74) is 2.91. The molecule has 0 heterocycles. The standard InChI is InChI=1S/C18H19NO2/c1-5-18(20)19(4)16-12-14(3)9-10-17(16)21-15-8-6-7-13(2)11-15/h5-12H,1H2,2-4H3. The summed E-state index contributed by atoms with van der Waals surface area (Å²) in [4.78, 5) is 13.4. The summed E-state index contributed by atoms with van der Waals surface area (Å²) >= 11 is 0. The van der Waals surface area contributed by atoms with Gasteiger partial charge >= 0.3 is 0 Å². The molecule has 0 N–H and O–H groups in total. The Hall–Kier alpha value is -2.55. The first-order valence-corrected chi connectivity index (χ1v) is 6.76. The van der Waals surface area contributed by atoms with Gasteiger partial charge in [-0.05, 0) is 55.3 Å². The zero-order valence-corrected chi connectivity index (χ0v) is 12.6. The summed E-state index contributed by atoms with van der Waals surface area (Å²) in [5.74, 6) is 1.22. The van der Waals surface area contributed by atoms with Crippen LogP contribution in [0.25, 0.3) is 0 Å². The van der Waals surface area contributed by atoms with Crippen molar-refractivity contribution in [2.24, 2.45) is 0 Å². The molecule has 0 bridgehead atoms. The van der Waals surface area contributed by atoms with Crippen LogP contribution in [0.2, 0.25) is 0 Å². The van der Waals surface area contributed by atoms with Crippen molar-refractivity contribution in [1.82, 2.24) is 0 Å². The predicted molar refractivity (Wildman–Crippen MR) is 86.0 cm³/mol. The van der Waals surface area contributed by atoms with Crippen molar-refractivity contribution in [2.45, 2.75) is 13.8 Å². The highest BCUT2D eigenvalue weighted by atomic mass is 16.5. The SMILES string of the molecule is C=CC(=O)N(C)c1cc(C)ccc1Oc1cccc(C)c1. The molecule has 0 saturated carbocycles. The lowest BCUT2D eigenvalue weighted by atomic mass is 10.2. The second kappa shape index (κ2) is 6.27. The molecule has 0 saturated heterocycles. The van der Waals surface area contributed by atoms with Gasteiger partial charge in [-0.2, -0.15) is 0 Å². The van der Waals surface area contributed by atoms with Crippen LogP contribution < -0.4 is 9.64 Å². The fourth-order valence-corrected chi connectivity index (χ4v) is 2.04. The lowest BCUT2D eigenvalue weighted by molar-refractivity contribution is -0.113. The molecule has 2 aromatic carbocycles. The number of ether oxygens (including phenoxy) is 1. The molecular formula is C18H19NO2. The van der Waals surface area contributed by atoms with Gasteiger partial charge in [0.05, 0.1) is 5.69 Å². The molecule has 0 spiro atoms. The van der Waals surface area contributed by atoms with Crippen LogP contribution >= 0.6 is 0 Å². The smallest absolute Gasteiger partial charge is 0.250 e. The molecule has 108 valence electrons. The van der Waals surface area contributed by atoms with Crippen LogP contribution in [0.4, 0.5) is 5.69 Å². The van der Waals surface area contributed by atoms with E-state index in [1.165, 1.54) is 11.0 Å². The van der Waals surface area contributed by atoms with Crippen LogP contribution in [0.15, 0.2) is 55.1 Å². The van der Waals surface area contributed by atoms with Crippen molar-refractivity contribution in [3.63, 3.8) is 0 Å². The zero-order valence-electron chi connectivity index (χ0n) is 12.6. The van der Waals surface area contributed by atoms with Crippen molar-refractivity contribution in [3.8, 4) is 11.5 Å². The molecule has 0 fully saturated rings. The number of amides is 1. The quantitative estimate of drug-likeness (QED) is 0.784. The van der Waals surface area contributed by atoms with E-state index in [0.29, 0.717) is 5.75 Å². The molecule has 0 unspecified atom stereocenters. The summed E-state index contributed by atoms with van der Waals surface area (Å²) in [5, 5.41) is 0. The molecule has 0 aliphatic heterocycles. The van der Waals surface area contributed by atoms with Crippen molar-refractivity contribution in [2.75, 3.05) is 11.9 Å². The van der Waals surface area contributed by atoms with E-state index in [9.17, 15) is 4.79 Å². The lowest BCUT2D eigenvalue weighted by Crippen LogP contribution is -2.24. The van der Waals surface area contributed by atoms with Gasteiger partial charge in [0.15, 0.2) is 5.75 Å². The topological polar surface area (TPSA) is 29.5 Å². The Labute approximate surface area is 125 Å². The first-order chi connectivity index (χ1) is 10.0. The first kappa shape index (κ1) is 14.9. The maximum Gasteiger partial charge on any atom is 0.250 e. The fraction of sp³-hybridized carbons (Fsp3) is 0.167. The largest absolute Gasteiger partial charge is 0.455 e. The summed E-state index contributed by atoms with van der Waals surface area (Å²) in [6.07, 6.45) is 1.29. The Morgan fingerprint density at radius 1 is 1.14 bits per heavy atom. The van der Waals surface area contributed by atoms with E-state index < -0.39 is 0 Å². The molecule has 0 aromatic heterocycles. The number of anilines is 1. The van der Waals surface area contributed by atoms with Gasteiger partial charge in [0, 0.05) is 7.05 Å². The van der Waals surface area contributed by atoms with Crippen LogP contribution in [0.1, 0.15) is 11.1 Å². The molecule has 0 radical (unpaired) electrons. The first-order valence-electron chi connectivity index (χ1n) is 6.76. The second-order valence-corrected chi connectivity index (χ2v) is 4.99. The molecular weight excluding hydrogens is 262 g/mol. The van der Waals surface area contributed by atoms with Gasteiger partial charge in [-0.15, -0.1) is 0 Å². The maximum absolute atomic E-state index is 11.8. The predicted octanol–water partition coefficient (Wildman–Crippen LogP) is 4.24. The number of aryl methyl sites for hydroxylation is 2. The van der Waals surface area contributed by atoms with E-state index in [4.69, 9.17) is 4.74 Å². The number of nitrogens with zero attached hydrogens (tertiary/aromatic N) is 1. The Morgan fingerprint density at radius 3 is 2.52 bits per heavy atom. The average molecular weight is 281 g/mol. The third-order valence-electron chi connectivity index (χ3n) is 3.20. The Morgan fingerprint density at radius 2 is 1.86 bits per heavy atom. The summed E-state index contributed by atoms with van der Waals surface area (Å²) in [6.45, 7) is 7.51. The van der Waals surface area contributed by atoms with Crippen LogP contribution in [-0.4, -0.2) is 13.0 Å². The number of hydrogen-bond acceptors (Lipinski definition) is 2. The molecule has 0 atom stereocenters. The Balaban J connectivity index is 2.39. The highest BCUT2D eigenvalue weighted by molar-refractivity contribution is 6.01. The maximum atomic E-state index is 11.8. The molecule has 3 nitrogen and oxygen atoms in total. The Bertz CT molecular complexity index is 677. The zero-order chi connectivity index (χ0) is 15.4. The number of benzene rings is 2. The molecule has 21 heavy (non-hydrogen) atoms. The van der Waals surface area contributed by atoms with Crippen LogP contribution in [0, 0.1) is 13.8 Å². The van der Waals surface area contributed by atoms with Gasteiger partial charge in [0.25, 0.3) is 0 Å². The lowest BCUT2D eigenvalue weighted by Gasteiger charge is -2.20. The number of likely N-dealkylation sites (N-methyl/N-ethyl adjacent to an activating group) is 1. The van der Waals surface area contributed by atoms with Crippen LogP contribution in [0.5, 0.6) is 11.5 Å². The van der Waals surface area contributed by atoms with Gasteiger partial charge in [0.2, 0.25) is 5.91 Å². The summed E-state index contributed by atoms with van der Waals surface area (Å²) in [6, 6.07) is 13.6. The van der Waals surface area contributed by atoms with E-state index in [-0.39, 0.29) is 5.91 Å². The minimum atomic E-state index is -0.172. The van der Waals surface area contributed by atoms with E-state index in [1.54, 1.807) is 7.05 Å². The normalized spacial score (nSPS) is 10.0. The molecule has 0 aliphatic carbocycles. The van der Waals surface area contributed by atoms with E-state index in [2.05, 4.69) is 6.58 Å². The van der Waals surface area contributed by atoms with E-state index in [0.717, 1.165) is 22.6 Å². The molecule has 1 amide bonds. The summed E-state index contributed by atoms with van der Waals surface area (Å²) < 4.78 is 5.93. The molecule has 2 rings (SSSR count). The highest BCUT2D eigenvalue weighted by Crippen LogP contribution is 2.33. The fourth-order valence-electron chi connectivity index (χ4n) is 2.04. The van der Waals surface area contributed by atoms with Gasteiger partial charge in [-0.1, -0.05) is 24.8 Å². The van der Waals surface area contributed by atoms with Crippen molar-refractivity contribution >= 4 is 11.6 Å². The molecule has 2 aromatic rings. The van der Waals surface area contributed by atoms with Crippen LogP contribution in [0.3, 0.4) is 0 Å². The van der Waals surface area contributed by atoms with Gasteiger partial charge < -0.3 is 9.64 Å². The highest BCUT2D eigenvalue weighted by Gasteiger charge is 2.14. The van der Waals surface area contributed by atoms with Gasteiger partial charge in [0.1, 0.15) is 5.75 Å².